The summed E-state index contributed by atoms with van der Waals surface area (Å²) in [5, 5.41) is 3.49. The van der Waals surface area contributed by atoms with Crippen LogP contribution in [-0.2, 0) is 11.8 Å². The third kappa shape index (κ3) is 5.92. The summed E-state index contributed by atoms with van der Waals surface area (Å²) >= 11 is 3.54. The molecule has 35 heavy (non-hydrogen) atoms. The SMILES string of the molecule is CCN(CC)C(=O)CCCN(c1cccc2nc(Nc3c(C)cc(Br)cc3OC)n(C)c12)C(C)C. The molecule has 1 amide bonds. The molecule has 3 aromatic rings. The molecule has 0 bridgehead atoms. The molecule has 7 nitrogen and oxygen atoms in total. The average Bonchev–Trinajstić information content (AvgIpc) is 3.14. The molecule has 0 aliphatic rings. The molecule has 0 atom stereocenters. The summed E-state index contributed by atoms with van der Waals surface area (Å²) in [7, 11) is 3.70. The fraction of sp³-hybridized carbons (Fsp3) is 0.481. The number of fused-ring (bicyclic) bond motifs is 1. The Morgan fingerprint density at radius 2 is 1.94 bits per heavy atom. The third-order valence-corrected chi connectivity index (χ3v) is 6.89. The van der Waals surface area contributed by atoms with Gasteiger partial charge in [-0.1, -0.05) is 22.0 Å². The van der Waals surface area contributed by atoms with Gasteiger partial charge in [0.1, 0.15) is 5.75 Å². The molecular weight excluding hydrogens is 506 g/mol. The van der Waals surface area contributed by atoms with Crippen molar-refractivity contribution < 1.29 is 9.53 Å². The van der Waals surface area contributed by atoms with Crippen LogP contribution in [0.3, 0.4) is 0 Å². The van der Waals surface area contributed by atoms with E-state index in [1.54, 1.807) is 7.11 Å². The van der Waals surface area contributed by atoms with Crippen LogP contribution in [0.4, 0.5) is 17.3 Å². The number of rotatable bonds is 11. The number of hydrogen-bond acceptors (Lipinski definition) is 5. The number of imidazole rings is 1. The van der Waals surface area contributed by atoms with Gasteiger partial charge in [-0.2, -0.15) is 0 Å². The number of benzene rings is 2. The Balaban J connectivity index is 1.92. The zero-order valence-electron chi connectivity index (χ0n) is 22.0. The van der Waals surface area contributed by atoms with Crippen molar-refractivity contribution in [3.05, 3.63) is 40.4 Å². The number of methoxy groups -OCH3 is 1. The van der Waals surface area contributed by atoms with Crippen molar-refractivity contribution in [1.29, 1.82) is 0 Å². The number of carbonyl (C=O) groups excluding carboxylic acids is 1. The molecule has 0 saturated carbocycles. The molecule has 2 aromatic carbocycles. The first-order chi connectivity index (χ1) is 16.7. The van der Waals surface area contributed by atoms with Crippen molar-refractivity contribution >= 4 is 50.2 Å². The predicted octanol–water partition coefficient (Wildman–Crippen LogP) is 6.26. The Bertz CT molecular complexity index is 1170. The number of nitrogens with one attached hydrogen (secondary N) is 1. The Hall–Kier alpha value is -2.74. The van der Waals surface area contributed by atoms with Crippen LogP contribution in [-0.4, -0.2) is 53.1 Å². The molecule has 0 spiro atoms. The summed E-state index contributed by atoms with van der Waals surface area (Å²) in [5.41, 5.74) is 5.06. The van der Waals surface area contributed by atoms with E-state index in [2.05, 4.69) is 62.8 Å². The lowest BCUT2D eigenvalue weighted by Gasteiger charge is -2.30. The molecule has 0 aliphatic carbocycles. The summed E-state index contributed by atoms with van der Waals surface area (Å²) in [6.07, 6.45) is 1.36. The molecule has 0 radical (unpaired) electrons. The molecule has 3 rings (SSSR count). The summed E-state index contributed by atoms with van der Waals surface area (Å²) in [6.45, 7) is 12.8. The second-order valence-corrected chi connectivity index (χ2v) is 9.94. The minimum atomic E-state index is 0.225. The number of anilines is 3. The fourth-order valence-electron chi connectivity index (χ4n) is 4.53. The summed E-state index contributed by atoms with van der Waals surface area (Å²) in [4.78, 5) is 21.7. The maximum Gasteiger partial charge on any atom is 0.222 e. The van der Waals surface area contributed by atoms with E-state index in [1.165, 1.54) is 0 Å². The third-order valence-electron chi connectivity index (χ3n) is 6.43. The van der Waals surface area contributed by atoms with Gasteiger partial charge in [-0.3, -0.25) is 4.79 Å². The van der Waals surface area contributed by atoms with Crippen molar-refractivity contribution in [2.75, 3.05) is 37.0 Å². The predicted molar refractivity (Wildman–Crippen MR) is 149 cm³/mol. The lowest BCUT2D eigenvalue weighted by Crippen LogP contribution is -2.34. The van der Waals surface area contributed by atoms with E-state index in [0.29, 0.717) is 6.42 Å². The quantitative estimate of drug-likeness (QED) is 0.309. The zero-order valence-corrected chi connectivity index (χ0v) is 23.6. The molecule has 0 aliphatic heterocycles. The molecule has 0 unspecified atom stereocenters. The lowest BCUT2D eigenvalue weighted by atomic mass is 10.1. The number of amides is 1. The Labute approximate surface area is 217 Å². The van der Waals surface area contributed by atoms with Crippen LogP contribution in [0.15, 0.2) is 34.8 Å². The molecule has 0 saturated heterocycles. The monoisotopic (exact) mass is 543 g/mol. The van der Waals surface area contributed by atoms with Gasteiger partial charge in [0.25, 0.3) is 0 Å². The van der Waals surface area contributed by atoms with E-state index >= 15 is 0 Å². The smallest absolute Gasteiger partial charge is 0.222 e. The highest BCUT2D eigenvalue weighted by Gasteiger charge is 2.20. The lowest BCUT2D eigenvalue weighted by molar-refractivity contribution is -0.130. The van der Waals surface area contributed by atoms with Crippen molar-refractivity contribution in [3.8, 4) is 5.75 Å². The van der Waals surface area contributed by atoms with E-state index in [1.807, 2.05) is 44.9 Å². The highest BCUT2D eigenvalue weighted by atomic mass is 79.9. The van der Waals surface area contributed by atoms with Gasteiger partial charge in [0.2, 0.25) is 11.9 Å². The van der Waals surface area contributed by atoms with Crippen molar-refractivity contribution in [1.82, 2.24) is 14.5 Å². The van der Waals surface area contributed by atoms with E-state index in [0.717, 1.165) is 70.2 Å². The Morgan fingerprint density at radius 1 is 1.23 bits per heavy atom. The zero-order chi connectivity index (χ0) is 25.7. The van der Waals surface area contributed by atoms with Crippen LogP contribution in [0.5, 0.6) is 5.75 Å². The Kier molecular flexibility index (Phi) is 9.05. The molecule has 1 N–H and O–H groups in total. The minimum absolute atomic E-state index is 0.225. The number of para-hydroxylation sites is 1. The normalized spacial score (nSPS) is 11.2. The number of aryl methyl sites for hydroxylation is 2. The van der Waals surface area contributed by atoms with Crippen molar-refractivity contribution in [2.45, 2.75) is 53.5 Å². The van der Waals surface area contributed by atoms with Gasteiger partial charge in [0.05, 0.1) is 29.5 Å². The summed E-state index contributed by atoms with van der Waals surface area (Å²) in [5.74, 6) is 1.73. The van der Waals surface area contributed by atoms with E-state index in [9.17, 15) is 4.79 Å². The van der Waals surface area contributed by atoms with E-state index < -0.39 is 0 Å². The van der Waals surface area contributed by atoms with Gasteiger partial charge in [-0.05, 0) is 70.9 Å². The maximum atomic E-state index is 12.5. The van der Waals surface area contributed by atoms with Crippen molar-refractivity contribution in [2.24, 2.45) is 7.05 Å². The molecule has 190 valence electrons. The van der Waals surface area contributed by atoms with Gasteiger partial charge in [-0.15, -0.1) is 0 Å². The number of ether oxygens (including phenoxy) is 1. The number of aromatic nitrogens is 2. The highest BCUT2D eigenvalue weighted by molar-refractivity contribution is 9.10. The van der Waals surface area contributed by atoms with Gasteiger partial charge in [0, 0.05) is 43.6 Å². The first-order valence-corrected chi connectivity index (χ1v) is 13.1. The number of carbonyl (C=O) groups is 1. The maximum absolute atomic E-state index is 12.5. The van der Waals surface area contributed by atoms with Crippen LogP contribution < -0.4 is 15.0 Å². The number of nitrogens with zero attached hydrogens (tertiary/aromatic N) is 4. The summed E-state index contributed by atoms with van der Waals surface area (Å²) in [6, 6.07) is 10.5. The van der Waals surface area contributed by atoms with Gasteiger partial charge in [-0.25, -0.2) is 4.98 Å². The second kappa shape index (κ2) is 11.8. The van der Waals surface area contributed by atoms with Gasteiger partial charge >= 0.3 is 0 Å². The molecule has 0 fully saturated rings. The van der Waals surface area contributed by atoms with Crippen LogP contribution in [0.1, 0.15) is 46.1 Å². The second-order valence-electron chi connectivity index (χ2n) is 9.02. The topological polar surface area (TPSA) is 62.6 Å². The largest absolute Gasteiger partial charge is 0.495 e. The van der Waals surface area contributed by atoms with Crippen LogP contribution in [0.25, 0.3) is 11.0 Å². The molecule has 1 aromatic heterocycles. The molecule has 8 heteroatoms. The van der Waals surface area contributed by atoms with Crippen molar-refractivity contribution in [3.63, 3.8) is 0 Å². The van der Waals surface area contributed by atoms with Crippen LogP contribution >= 0.6 is 15.9 Å². The minimum Gasteiger partial charge on any atom is -0.495 e. The molecular formula is C27H38BrN5O2. The van der Waals surface area contributed by atoms with E-state index in [-0.39, 0.29) is 11.9 Å². The van der Waals surface area contributed by atoms with Gasteiger partial charge in [0.15, 0.2) is 0 Å². The van der Waals surface area contributed by atoms with Gasteiger partial charge < -0.3 is 24.4 Å². The Morgan fingerprint density at radius 3 is 2.57 bits per heavy atom. The first-order valence-electron chi connectivity index (χ1n) is 12.3. The number of halogens is 1. The first kappa shape index (κ1) is 26.9. The fourth-order valence-corrected chi connectivity index (χ4v) is 5.08. The summed E-state index contributed by atoms with van der Waals surface area (Å²) < 4.78 is 8.68. The highest BCUT2D eigenvalue weighted by Crippen LogP contribution is 2.36. The van der Waals surface area contributed by atoms with E-state index in [4.69, 9.17) is 9.72 Å². The molecule has 1 heterocycles. The number of hydrogen-bond donors (Lipinski definition) is 1. The standard InChI is InChI=1S/C27H38BrN5O2/c1-8-32(9-2)24(34)14-11-15-33(18(3)4)22-13-10-12-21-26(22)31(6)27(29-21)30-25-19(5)16-20(28)17-23(25)35-7/h10,12-13,16-18H,8-9,11,14-15H2,1-7H3,(H,29,30). The van der Waals surface area contributed by atoms with Crippen LogP contribution in [0.2, 0.25) is 0 Å². The average molecular weight is 545 g/mol. The van der Waals surface area contributed by atoms with Crippen LogP contribution in [0, 0.1) is 6.92 Å².